The molecule has 1 unspecified atom stereocenters. The number of carbonyl (C=O) groups is 2. The Balaban J connectivity index is 3.44. The van der Waals surface area contributed by atoms with E-state index in [0.29, 0.717) is 19.3 Å². The molecule has 0 radical (unpaired) electrons. The first kappa shape index (κ1) is 24.9. The van der Waals surface area contributed by atoms with Crippen LogP contribution in [0.2, 0.25) is 0 Å². The van der Waals surface area contributed by atoms with Crippen LogP contribution in [0.15, 0.2) is 0 Å². The lowest BCUT2D eigenvalue weighted by Crippen LogP contribution is -2.33. The van der Waals surface area contributed by atoms with Crippen molar-refractivity contribution in [3.8, 4) is 0 Å². The molecule has 0 saturated heterocycles. The van der Waals surface area contributed by atoms with Crippen molar-refractivity contribution in [1.82, 2.24) is 10.4 Å². The van der Waals surface area contributed by atoms with Crippen LogP contribution in [0.4, 0.5) is 0 Å². The predicted octanol–water partition coefficient (Wildman–Crippen LogP) is 4.99. The molecule has 0 rings (SSSR count). The molecule has 0 spiro atoms. The van der Waals surface area contributed by atoms with Crippen molar-refractivity contribution in [3.63, 3.8) is 0 Å². The fourth-order valence-electron chi connectivity index (χ4n) is 2.95. The van der Waals surface area contributed by atoms with Crippen molar-refractivity contribution in [3.05, 3.63) is 0 Å². The monoisotopic (exact) mass is 370 g/mol. The molecule has 0 aromatic carbocycles. The first-order valence-electron chi connectivity index (χ1n) is 10.6. The number of hydrogen-bond donors (Lipinski definition) is 1. The van der Waals surface area contributed by atoms with Crippen LogP contribution in [0.25, 0.3) is 0 Å². The van der Waals surface area contributed by atoms with Crippen LogP contribution in [-0.2, 0) is 14.4 Å². The Morgan fingerprint density at radius 2 is 1.35 bits per heavy atom. The summed E-state index contributed by atoms with van der Waals surface area (Å²) in [5.41, 5.74) is 0. The molecule has 0 aliphatic heterocycles. The molecule has 1 N–H and O–H groups in total. The number of unbranched alkanes of at least 4 members (excludes halogenated alkanes) is 10. The van der Waals surface area contributed by atoms with E-state index >= 15 is 0 Å². The third-order valence-electron chi connectivity index (χ3n) is 4.48. The maximum Gasteiger partial charge on any atom is 0.325 e. The van der Waals surface area contributed by atoms with Crippen LogP contribution in [0.5, 0.6) is 0 Å². The van der Waals surface area contributed by atoms with Gasteiger partial charge < -0.3 is 10.2 Å². The lowest BCUT2D eigenvalue weighted by molar-refractivity contribution is -0.178. The SMILES string of the molecule is CCCCCCCCCCCCCC(=O)NC(C)CCC(=O)ON(C)C. The van der Waals surface area contributed by atoms with Crippen molar-refractivity contribution < 1.29 is 14.4 Å². The lowest BCUT2D eigenvalue weighted by atomic mass is 10.1. The second kappa shape index (κ2) is 17.3. The number of rotatable bonds is 17. The van der Waals surface area contributed by atoms with Gasteiger partial charge in [-0.15, -0.1) is 5.06 Å². The zero-order valence-electron chi connectivity index (χ0n) is 17.6. The highest BCUT2D eigenvalue weighted by molar-refractivity contribution is 5.76. The third kappa shape index (κ3) is 17.7. The van der Waals surface area contributed by atoms with E-state index < -0.39 is 0 Å². The quantitative estimate of drug-likeness (QED) is 0.289. The van der Waals surface area contributed by atoms with Gasteiger partial charge in [0.05, 0.1) is 0 Å². The van der Waals surface area contributed by atoms with Crippen molar-refractivity contribution in [2.75, 3.05) is 14.1 Å². The van der Waals surface area contributed by atoms with E-state index in [1.807, 2.05) is 6.92 Å². The van der Waals surface area contributed by atoms with E-state index in [1.165, 1.54) is 62.9 Å². The molecule has 0 bridgehead atoms. The molecule has 0 fully saturated rings. The van der Waals surface area contributed by atoms with Gasteiger partial charge in [0.2, 0.25) is 5.91 Å². The van der Waals surface area contributed by atoms with Gasteiger partial charge in [-0.3, -0.25) is 9.59 Å². The molecular formula is C21H42N2O3. The van der Waals surface area contributed by atoms with E-state index in [2.05, 4.69) is 12.2 Å². The number of hydroxylamine groups is 2. The Morgan fingerprint density at radius 3 is 1.85 bits per heavy atom. The Labute approximate surface area is 161 Å². The summed E-state index contributed by atoms with van der Waals surface area (Å²) in [6.45, 7) is 4.19. The summed E-state index contributed by atoms with van der Waals surface area (Å²) in [5.74, 6) is -0.170. The average molecular weight is 371 g/mol. The lowest BCUT2D eigenvalue weighted by Gasteiger charge is -2.14. The number of amides is 1. The van der Waals surface area contributed by atoms with Crippen LogP contribution >= 0.6 is 0 Å². The summed E-state index contributed by atoms with van der Waals surface area (Å²) in [6.07, 6.45) is 15.7. The van der Waals surface area contributed by atoms with Crippen molar-refractivity contribution in [2.45, 2.75) is 110 Å². The molecule has 5 heteroatoms. The summed E-state index contributed by atoms with van der Waals surface area (Å²) in [5, 5.41) is 4.35. The molecule has 154 valence electrons. The molecule has 0 aromatic heterocycles. The van der Waals surface area contributed by atoms with Gasteiger partial charge in [0.15, 0.2) is 0 Å². The Morgan fingerprint density at radius 1 is 0.846 bits per heavy atom. The minimum absolute atomic E-state index is 0.00456. The van der Waals surface area contributed by atoms with Gasteiger partial charge in [0, 0.05) is 33.0 Å². The summed E-state index contributed by atoms with van der Waals surface area (Å²) in [6, 6.07) is 0.00456. The molecule has 0 aliphatic rings. The number of nitrogens with zero attached hydrogens (tertiary/aromatic N) is 1. The second-order valence-electron chi connectivity index (χ2n) is 7.57. The Hall–Kier alpha value is -1.10. The zero-order chi connectivity index (χ0) is 19.6. The highest BCUT2D eigenvalue weighted by Crippen LogP contribution is 2.12. The first-order chi connectivity index (χ1) is 12.5. The minimum atomic E-state index is -0.263. The largest absolute Gasteiger partial charge is 0.369 e. The van der Waals surface area contributed by atoms with Gasteiger partial charge in [-0.25, -0.2) is 0 Å². The highest BCUT2D eigenvalue weighted by Gasteiger charge is 2.11. The first-order valence-corrected chi connectivity index (χ1v) is 10.6. The molecule has 1 atom stereocenters. The van der Waals surface area contributed by atoms with Crippen LogP contribution in [0.3, 0.4) is 0 Å². The molecule has 0 heterocycles. The zero-order valence-corrected chi connectivity index (χ0v) is 17.6. The van der Waals surface area contributed by atoms with E-state index in [-0.39, 0.29) is 17.9 Å². The summed E-state index contributed by atoms with van der Waals surface area (Å²) >= 11 is 0. The molecule has 5 nitrogen and oxygen atoms in total. The van der Waals surface area contributed by atoms with Gasteiger partial charge in [-0.1, -0.05) is 71.1 Å². The standard InChI is InChI=1S/C21H42N2O3/c1-5-6-7-8-9-10-11-12-13-14-15-16-20(24)22-19(2)17-18-21(25)26-23(3)4/h19H,5-18H2,1-4H3,(H,22,24). The number of nitrogens with one attached hydrogen (secondary N) is 1. The van der Waals surface area contributed by atoms with Crippen LogP contribution in [0, 0.1) is 0 Å². The average Bonchev–Trinajstić information content (AvgIpc) is 2.57. The van der Waals surface area contributed by atoms with Gasteiger partial charge in [0.1, 0.15) is 0 Å². The molecule has 0 saturated carbocycles. The van der Waals surface area contributed by atoms with Crippen molar-refractivity contribution in [1.29, 1.82) is 0 Å². The van der Waals surface area contributed by atoms with Crippen molar-refractivity contribution >= 4 is 11.9 Å². The van der Waals surface area contributed by atoms with Gasteiger partial charge >= 0.3 is 5.97 Å². The smallest absolute Gasteiger partial charge is 0.325 e. The number of carbonyl (C=O) groups excluding carboxylic acids is 2. The fourth-order valence-corrected chi connectivity index (χ4v) is 2.95. The molecule has 1 amide bonds. The highest BCUT2D eigenvalue weighted by atomic mass is 16.7. The fraction of sp³-hybridized carbons (Fsp3) is 0.905. The van der Waals surface area contributed by atoms with Gasteiger partial charge in [-0.2, -0.15) is 0 Å². The van der Waals surface area contributed by atoms with Crippen LogP contribution < -0.4 is 5.32 Å². The second-order valence-corrected chi connectivity index (χ2v) is 7.57. The van der Waals surface area contributed by atoms with E-state index in [0.717, 1.165) is 12.8 Å². The summed E-state index contributed by atoms with van der Waals surface area (Å²) < 4.78 is 0. The topological polar surface area (TPSA) is 58.6 Å². The molecular weight excluding hydrogens is 328 g/mol. The summed E-state index contributed by atoms with van der Waals surface area (Å²) in [7, 11) is 3.35. The van der Waals surface area contributed by atoms with Gasteiger partial charge in [-0.05, 0) is 19.8 Å². The molecule has 0 aliphatic carbocycles. The van der Waals surface area contributed by atoms with Gasteiger partial charge in [0.25, 0.3) is 0 Å². The van der Waals surface area contributed by atoms with Crippen molar-refractivity contribution in [2.24, 2.45) is 0 Å². The maximum atomic E-state index is 11.9. The number of hydrogen-bond acceptors (Lipinski definition) is 4. The van der Waals surface area contributed by atoms with E-state index in [1.54, 1.807) is 14.1 Å². The van der Waals surface area contributed by atoms with E-state index in [4.69, 9.17) is 4.84 Å². The molecule has 26 heavy (non-hydrogen) atoms. The Kier molecular flexibility index (Phi) is 16.6. The Bertz CT molecular complexity index is 359. The third-order valence-corrected chi connectivity index (χ3v) is 4.48. The predicted molar refractivity (Wildman–Crippen MR) is 108 cm³/mol. The normalized spacial score (nSPS) is 12.2. The summed E-state index contributed by atoms with van der Waals surface area (Å²) in [4.78, 5) is 28.3. The maximum absolute atomic E-state index is 11.9. The van der Waals surface area contributed by atoms with E-state index in [9.17, 15) is 9.59 Å². The van der Waals surface area contributed by atoms with Crippen LogP contribution in [0.1, 0.15) is 104 Å². The van der Waals surface area contributed by atoms with Crippen LogP contribution in [-0.4, -0.2) is 37.1 Å². The minimum Gasteiger partial charge on any atom is -0.369 e. The molecule has 0 aromatic rings.